The summed E-state index contributed by atoms with van der Waals surface area (Å²) >= 11 is 0. The fraction of sp³-hybridized carbons (Fsp3) is 0.167. The van der Waals surface area contributed by atoms with Crippen molar-refractivity contribution >= 4 is 5.91 Å². The second-order valence-electron chi connectivity index (χ2n) is 5.56. The molecule has 0 spiro atoms. The number of amides is 1. The zero-order chi connectivity index (χ0) is 16.9. The van der Waals surface area contributed by atoms with Crippen molar-refractivity contribution < 1.29 is 9.18 Å². The maximum absolute atomic E-state index is 13.5. The number of carbonyl (C=O) groups excluding carboxylic acids is 1. The van der Waals surface area contributed by atoms with E-state index in [0.717, 1.165) is 11.1 Å². The van der Waals surface area contributed by atoms with Gasteiger partial charge < -0.3 is 5.32 Å². The fourth-order valence-electron chi connectivity index (χ4n) is 2.28. The van der Waals surface area contributed by atoms with Gasteiger partial charge in [0.2, 0.25) is 0 Å². The Kier molecular flexibility index (Phi) is 4.65. The van der Waals surface area contributed by atoms with E-state index in [0.29, 0.717) is 24.2 Å². The molecule has 1 N–H and O–H groups in total. The van der Waals surface area contributed by atoms with E-state index in [-0.39, 0.29) is 11.7 Å². The molecule has 1 amide bonds. The first-order valence-corrected chi connectivity index (χ1v) is 7.56. The predicted molar refractivity (Wildman–Crippen MR) is 87.9 cm³/mol. The van der Waals surface area contributed by atoms with Gasteiger partial charge in [-0.2, -0.15) is 5.10 Å². The van der Waals surface area contributed by atoms with Crippen LogP contribution in [0.4, 0.5) is 4.39 Å². The van der Waals surface area contributed by atoms with Crippen molar-refractivity contribution in [1.29, 1.82) is 0 Å². The first-order chi connectivity index (χ1) is 11.6. The van der Waals surface area contributed by atoms with Crippen LogP contribution >= 0.6 is 0 Å². The molecule has 0 unspecified atom stereocenters. The third-order valence-electron chi connectivity index (χ3n) is 3.72. The highest BCUT2D eigenvalue weighted by molar-refractivity contribution is 5.94. The lowest BCUT2D eigenvalue weighted by atomic mass is 10.1. The van der Waals surface area contributed by atoms with Gasteiger partial charge in [-0.1, -0.05) is 30.3 Å². The number of rotatable bonds is 5. The standard InChI is InChI=1S/C18H17FN4O/c1-13-2-7-16(8-17(13)19)18(24)21-9-14-3-5-15(6-4-14)10-23-12-20-11-22-23/h2-8,11-12H,9-10H2,1H3,(H,21,24). The number of aryl methyl sites for hydroxylation is 1. The Morgan fingerprint density at radius 2 is 1.92 bits per heavy atom. The molecule has 0 bridgehead atoms. The Morgan fingerprint density at radius 3 is 2.58 bits per heavy atom. The van der Waals surface area contributed by atoms with Gasteiger partial charge in [0, 0.05) is 12.1 Å². The van der Waals surface area contributed by atoms with Gasteiger partial charge in [0.1, 0.15) is 18.5 Å². The van der Waals surface area contributed by atoms with Gasteiger partial charge in [-0.3, -0.25) is 4.79 Å². The van der Waals surface area contributed by atoms with E-state index in [9.17, 15) is 9.18 Å². The lowest BCUT2D eigenvalue weighted by Gasteiger charge is -2.07. The molecule has 0 radical (unpaired) electrons. The van der Waals surface area contributed by atoms with E-state index in [1.807, 2.05) is 24.3 Å². The Bertz CT molecular complexity index is 829. The van der Waals surface area contributed by atoms with Crippen LogP contribution < -0.4 is 5.32 Å². The lowest BCUT2D eigenvalue weighted by Crippen LogP contribution is -2.23. The molecular weight excluding hydrogens is 307 g/mol. The highest BCUT2D eigenvalue weighted by Gasteiger charge is 2.08. The van der Waals surface area contributed by atoms with Crippen LogP contribution in [0.5, 0.6) is 0 Å². The number of halogens is 1. The van der Waals surface area contributed by atoms with E-state index in [2.05, 4.69) is 15.4 Å². The third-order valence-corrected chi connectivity index (χ3v) is 3.72. The highest BCUT2D eigenvalue weighted by Crippen LogP contribution is 2.10. The molecule has 1 heterocycles. The highest BCUT2D eigenvalue weighted by atomic mass is 19.1. The number of benzene rings is 2. The fourth-order valence-corrected chi connectivity index (χ4v) is 2.28. The van der Waals surface area contributed by atoms with Crippen molar-refractivity contribution in [2.24, 2.45) is 0 Å². The number of nitrogens with one attached hydrogen (secondary N) is 1. The van der Waals surface area contributed by atoms with Crippen molar-refractivity contribution in [1.82, 2.24) is 20.1 Å². The van der Waals surface area contributed by atoms with E-state index in [1.165, 1.54) is 12.4 Å². The summed E-state index contributed by atoms with van der Waals surface area (Å²) in [5.74, 6) is -0.666. The van der Waals surface area contributed by atoms with Crippen LogP contribution in [0.25, 0.3) is 0 Å². The minimum Gasteiger partial charge on any atom is -0.348 e. The summed E-state index contributed by atoms with van der Waals surface area (Å²) in [6.07, 6.45) is 3.16. The molecular formula is C18H17FN4O. The summed E-state index contributed by atoms with van der Waals surface area (Å²) in [5, 5.41) is 6.85. The van der Waals surface area contributed by atoms with E-state index < -0.39 is 0 Å². The normalized spacial score (nSPS) is 10.6. The molecule has 24 heavy (non-hydrogen) atoms. The summed E-state index contributed by atoms with van der Waals surface area (Å²) in [5.41, 5.74) is 2.91. The molecule has 2 aromatic carbocycles. The molecule has 0 saturated carbocycles. The summed E-state index contributed by atoms with van der Waals surface area (Å²) in [6.45, 7) is 2.70. The van der Waals surface area contributed by atoms with Crippen molar-refractivity contribution in [2.75, 3.05) is 0 Å². The molecule has 3 rings (SSSR count). The van der Waals surface area contributed by atoms with E-state index >= 15 is 0 Å². The Morgan fingerprint density at radius 1 is 1.17 bits per heavy atom. The molecule has 0 aliphatic heterocycles. The topological polar surface area (TPSA) is 59.8 Å². The first-order valence-electron chi connectivity index (χ1n) is 7.56. The molecule has 0 saturated heterocycles. The average molecular weight is 324 g/mol. The summed E-state index contributed by atoms with van der Waals surface area (Å²) in [7, 11) is 0. The maximum Gasteiger partial charge on any atom is 0.251 e. The summed E-state index contributed by atoms with van der Waals surface area (Å²) in [4.78, 5) is 16.0. The van der Waals surface area contributed by atoms with E-state index in [4.69, 9.17) is 0 Å². The zero-order valence-corrected chi connectivity index (χ0v) is 13.2. The van der Waals surface area contributed by atoms with Gasteiger partial charge in [0.15, 0.2) is 0 Å². The molecule has 0 aliphatic rings. The number of nitrogens with zero attached hydrogens (tertiary/aromatic N) is 3. The third kappa shape index (κ3) is 3.84. The van der Waals surface area contributed by atoms with Crippen LogP contribution in [0.3, 0.4) is 0 Å². The number of carbonyl (C=O) groups is 1. The van der Waals surface area contributed by atoms with Crippen LogP contribution in [0.1, 0.15) is 27.0 Å². The van der Waals surface area contributed by atoms with Gasteiger partial charge >= 0.3 is 0 Å². The van der Waals surface area contributed by atoms with Crippen LogP contribution in [0, 0.1) is 12.7 Å². The first kappa shape index (κ1) is 15.9. The second-order valence-corrected chi connectivity index (χ2v) is 5.56. The SMILES string of the molecule is Cc1ccc(C(=O)NCc2ccc(Cn3cncn3)cc2)cc1F. The van der Waals surface area contributed by atoms with Gasteiger partial charge in [-0.15, -0.1) is 0 Å². The Labute approximate surface area is 139 Å². The monoisotopic (exact) mass is 324 g/mol. The molecule has 3 aromatic rings. The largest absolute Gasteiger partial charge is 0.348 e. The van der Waals surface area contributed by atoms with Crippen molar-refractivity contribution in [3.8, 4) is 0 Å². The zero-order valence-electron chi connectivity index (χ0n) is 13.2. The molecule has 1 aromatic heterocycles. The second kappa shape index (κ2) is 7.04. The maximum atomic E-state index is 13.5. The lowest BCUT2D eigenvalue weighted by molar-refractivity contribution is 0.0950. The minimum absolute atomic E-state index is 0.291. The summed E-state index contributed by atoms with van der Waals surface area (Å²) < 4.78 is 15.2. The average Bonchev–Trinajstić information content (AvgIpc) is 3.09. The van der Waals surface area contributed by atoms with Crippen LogP contribution in [0.15, 0.2) is 55.1 Å². The predicted octanol–water partition coefficient (Wildman–Crippen LogP) is 2.70. The van der Waals surface area contributed by atoms with Gasteiger partial charge in [0.25, 0.3) is 5.91 Å². The smallest absolute Gasteiger partial charge is 0.251 e. The van der Waals surface area contributed by atoms with E-state index in [1.54, 1.807) is 30.1 Å². The minimum atomic E-state index is -0.375. The molecule has 6 heteroatoms. The summed E-state index contributed by atoms with van der Waals surface area (Å²) in [6, 6.07) is 12.3. The molecule has 122 valence electrons. The van der Waals surface area contributed by atoms with Crippen molar-refractivity contribution in [2.45, 2.75) is 20.0 Å². The Balaban J connectivity index is 1.58. The molecule has 0 fully saturated rings. The molecule has 0 aliphatic carbocycles. The molecule has 0 atom stereocenters. The van der Waals surface area contributed by atoms with Crippen LogP contribution in [-0.4, -0.2) is 20.7 Å². The van der Waals surface area contributed by atoms with Crippen LogP contribution in [-0.2, 0) is 13.1 Å². The Hall–Kier alpha value is -3.02. The van der Waals surface area contributed by atoms with Gasteiger partial charge in [0.05, 0.1) is 6.54 Å². The quantitative estimate of drug-likeness (QED) is 0.785. The molecule has 5 nitrogen and oxygen atoms in total. The number of hydrogen-bond acceptors (Lipinski definition) is 3. The van der Waals surface area contributed by atoms with Gasteiger partial charge in [-0.25, -0.2) is 14.1 Å². The number of hydrogen-bond donors (Lipinski definition) is 1. The van der Waals surface area contributed by atoms with Crippen molar-refractivity contribution in [3.63, 3.8) is 0 Å². The van der Waals surface area contributed by atoms with Crippen LogP contribution in [0.2, 0.25) is 0 Å². The number of aromatic nitrogens is 3. The van der Waals surface area contributed by atoms with Gasteiger partial charge in [-0.05, 0) is 35.7 Å². The van der Waals surface area contributed by atoms with Crippen molar-refractivity contribution in [3.05, 3.63) is 83.2 Å².